The fraction of sp³-hybridized carbons (Fsp3) is 0.250. The van der Waals surface area contributed by atoms with Gasteiger partial charge in [-0.2, -0.15) is 0 Å². The molecule has 0 bridgehead atoms. The van der Waals surface area contributed by atoms with Gasteiger partial charge in [0, 0.05) is 17.0 Å². The van der Waals surface area contributed by atoms with E-state index in [4.69, 9.17) is 4.42 Å². The highest BCUT2D eigenvalue weighted by Gasteiger charge is 2.37. The van der Waals surface area contributed by atoms with Crippen molar-refractivity contribution >= 4 is 29.4 Å². The number of benzene rings is 1. The fourth-order valence-corrected chi connectivity index (χ4v) is 3.32. The zero-order valence-corrected chi connectivity index (χ0v) is 14.1. The van der Waals surface area contributed by atoms with Crippen LogP contribution in [0.5, 0.6) is 0 Å². The minimum atomic E-state index is -1.49. The number of hydrogen-bond acceptors (Lipinski definition) is 5. The number of imide groups is 1. The van der Waals surface area contributed by atoms with Crippen LogP contribution in [-0.4, -0.2) is 29.2 Å². The lowest BCUT2D eigenvalue weighted by Gasteiger charge is -2.28. The quantitative estimate of drug-likeness (QED) is 0.618. The Kier molecular flexibility index (Phi) is 3.76. The maximum atomic E-state index is 12.7. The van der Waals surface area contributed by atoms with Crippen molar-refractivity contribution in [2.24, 2.45) is 5.92 Å². The van der Waals surface area contributed by atoms with Gasteiger partial charge in [-0.05, 0) is 36.6 Å². The maximum Gasteiger partial charge on any atom is 0.261 e. The van der Waals surface area contributed by atoms with E-state index in [-0.39, 0.29) is 11.1 Å². The summed E-state index contributed by atoms with van der Waals surface area (Å²) in [5, 5.41) is 11.0. The molecule has 1 saturated carbocycles. The number of carboxylic acids is 1. The number of fused-ring (bicyclic) bond motifs is 1. The first kappa shape index (κ1) is 16.3. The largest absolute Gasteiger partial charge is 0.548 e. The van der Waals surface area contributed by atoms with Crippen LogP contribution in [0.3, 0.4) is 0 Å². The van der Waals surface area contributed by atoms with E-state index in [0.717, 1.165) is 12.2 Å². The summed E-state index contributed by atoms with van der Waals surface area (Å²) in [7, 11) is 0. The van der Waals surface area contributed by atoms with Crippen molar-refractivity contribution in [1.29, 1.82) is 0 Å². The standard InChI is InChI=1S/C20H17NO5/c1-11-8-15(11)17-7-6-12(26-17)9-16-13-4-2-3-5-14(13)19(24)21(20(16)25)10-18(22)23/h2-7,9,11,15H,8,10H2,1H3,(H,22,23)/p-1/b16-9-/t11-,15-/m0/s1. The molecule has 4 rings (SSSR count). The van der Waals surface area contributed by atoms with Crippen LogP contribution in [0.2, 0.25) is 0 Å². The topological polar surface area (TPSA) is 90.6 Å². The number of carbonyl (C=O) groups is 3. The van der Waals surface area contributed by atoms with E-state index in [1.54, 1.807) is 36.4 Å². The van der Waals surface area contributed by atoms with Crippen molar-refractivity contribution in [1.82, 2.24) is 4.90 Å². The zero-order valence-electron chi connectivity index (χ0n) is 14.1. The van der Waals surface area contributed by atoms with Crippen LogP contribution < -0.4 is 5.11 Å². The van der Waals surface area contributed by atoms with Gasteiger partial charge in [0.2, 0.25) is 0 Å². The van der Waals surface area contributed by atoms with Crippen molar-refractivity contribution in [2.75, 3.05) is 6.54 Å². The van der Waals surface area contributed by atoms with E-state index < -0.39 is 24.3 Å². The lowest BCUT2D eigenvalue weighted by atomic mass is 9.93. The van der Waals surface area contributed by atoms with Gasteiger partial charge in [-0.25, -0.2) is 0 Å². The molecular weight excluding hydrogens is 334 g/mol. The lowest BCUT2D eigenvalue weighted by molar-refractivity contribution is -0.305. The molecule has 1 aromatic heterocycles. The normalized spacial score (nSPS) is 23.3. The molecule has 2 aliphatic rings. The first-order valence-corrected chi connectivity index (χ1v) is 8.42. The van der Waals surface area contributed by atoms with Gasteiger partial charge in [0.15, 0.2) is 0 Å². The molecule has 2 aromatic rings. The SMILES string of the molecule is C[C@H]1C[C@@H]1c1ccc(/C=C2\C(=O)N(CC(=O)[O-])C(=O)c3ccccc32)o1. The number of carboxylic acid groups (broad SMARTS) is 1. The summed E-state index contributed by atoms with van der Waals surface area (Å²) >= 11 is 0. The van der Waals surface area contributed by atoms with E-state index in [0.29, 0.717) is 28.1 Å². The summed E-state index contributed by atoms with van der Waals surface area (Å²) in [6.07, 6.45) is 2.64. The van der Waals surface area contributed by atoms with Crippen LogP contribution in [0.15, 0.2) is 40.8 Å². The summed E-state index contributed by atoms with van der Waals surface area (Å²) in [5.74, 6) is -0.422. The molecule has 0 radical (unpaired) electrons. The van der Waals surface area contributed by atoms with Gasteiger partial charge in [-0.15, -0.1) is 0 Å². The Morgan fingerprint density at radius 2 is 1.88 bits per heavy atom. The Morgan fingerprint density at radius 1 is 1.19 bits per heavy atom. The van der Waals surface area contributed by atoms with E-state index in [1.165, 1.54) is 0 Å². The molecule has 6 heteroatoms. The molecule has 1 aliphatic carbocycles. The molecule has 1 fully saturated rings. The van der Waals surface area contributed by atoms with Crippen molar-refractivity contribution in [3.63, 3.8) is 0 Å². The molecule has 1 aliphatic heterocycles. The van der Waals surface area contributed by atoms with E-state index in [1.807, 2.05) is 6.07 Å². The van der Waals surface area contributed by atoms with Gasteiger partial charge in [0.1, 0.15) is 11.5 Å². The third-order valence-corrected chi connectivity index (χ3v) is 4.86. The maximum absolute atomic E-state index is 12.7. The number of amides is 2. The Labute approximate surface area is 149 Å². The highest BCUT2D eigenvalue weighted by molar-refractivity contribution is 6.34. The molecule has 2 amide bonds. The van der Waals surface area contributed by atoms with Gasteiger partial charge in [0.25, 0.3) is 11.8 Å². The second kappa shape index (κ2) is 5.98. The molecule has 0 spiro atoms. The van der Waals surface area contributed by atoms with Crippen molar-refractivity contribution in [3.05, 3.63) is 59.0 Å². The molecule has 1 aromatic carbocycles. The third kappa shape index (κ3) is 2.73. The third-order valence-electron chi connectivity index (χ3n) is 4.86. The van der Waals surface area contributed by atoms with Crippen molar-refractivity contribution in [2.45, 2.75) is 19.3 Å². The Morgan fingerprint density at radius 3 is 2.54 bits per heavy atom. The summed E-state index contributed by atoms with van der Waals surface area (Å²) in [6.45, 7) is 1.36. The second-order valence-corrected chi connectivity index (χ2v) is 6.73. The molecule has 26 heavy (non-hydrogen) atoms. The summed E-state index contributed by atoms with van der Waals surface area (Å²) in [5.41, 5.74) is 0.975. The molecule has 2 heterocycles. The first-order chi connectivity index (χ1) is 12.5. The Balaban J connectivity index is 1.76. The average molecular weight is 350 g/mol. The lowest BCUT2D eigenvalue weighted by Crippen LogP contribution is -2.47. The van der Waals surface area contributed by atoms with E-state index in [9.17, 15) is 19.5 Å². The van der Waals surface area contributed by atoms with E-state index in [2.05, 4.69) is 6.92 Å². The summed E-state index contributed by atoms with van der Waals surface area (Å²) < 4.78 is 5.83. The predicted molar refractivity (Wildman–Crippen MR) is 90.6 cm³/mol. The van der Waals surface area contributed by atoms with Crippen LogP contribution in [0.25, 0.3) is 11.6 Å². The fourth-order valence-electron chi connectivity index (χ4n) is 3.32. The minimum absolute atomic E-state index is 0.228. The molecular formula is C20H16NO5-. The number of aliphatic carboxylic acids is 1. The van der Waals surface area contributed by atoms with Gasteiger partial charge in [-0.3, -0.25) is 14.5 Å². The van der Waals surface area contributed by atoms with E-state index >= 15 is 0 Å². The van der Waals surface area contributed by atoms with Crippen LogP contribution in [0.4, 0.5) is 0 Å². The highest BCUT2D eigenvalue weighted by Crippen LogP contribution is 2.47. The predicted octanol–water partition coefficient (Wildman–Crippen LogP) is 1.68. The zero-order chi connectivity index (χ0) is 18.4. The number of rotatable bonds is 4. The van der Waals surface area contributed by atoms with Gasteiger partial charge < -0.3 is 14.3 Å². The number of furan rings is 1. The van der Waals surface area contributed by atoms with Crippen molar-refractivity contribution < 1.29 is 23.9 Å². The first-order valence-electron chi connectivity index (χ1n) is 8.42. The van der Waals surface area contributed by atoms with Crippen molar-refractivity contribution in [3.8, 4) is 0 Å². The number of carbonyl (C=O) groups excluding carboxylic acids is 3. The molecule has 0 saturated heterocycles. The van der Waals surface area contributed by atoms with Crippen LogP contribution >= 0.6 is 0 Å². The van der Waals surface area contributed by atoms with Gasteiger partial charge in [0.05, 0.1) is 18.1 Å². The smallest absolute Gasteiger partial charge is 0.261 e. The van der Waals surface area contributed by atoms with Crippen LogP contribution in [0.1, 0.15) is 46.7 Å². The molecule has 132 valence electrons. The Hall–Kier alpha value is -3.15. The van der Waals surface area contributed by atoms with Gasteiger partial charge >= 0.3 is 0 Å². The molecule has 0 unspecified atom stereocenters. The van der Waals surface area contributed by atoms with Crippen LogP contribution in [-0.2, 0) is 9.59 Å². The second-order valence-electron chi connectivity index (χ2n) is 6.73. The van der Waals surface area contributed by atoms with Crippen LogP contribution in [0, 0.1) is 5.92 Å². The average Bonchev–Trinajstić information content (AvgIpc) is 3.16. The monoisotopic (exact) mass is 350 g/mol. The minimum Gasteiger partial charge on any atom is -0.548 e. The number of nitrogens with zero attached hydrogens (tertiary/aromatic N) is 1. The highest BCUT2D eigenvalue weighted by atomic mass is 16.4. The van der Waals surface area contributed by atoms with Gasteiger partial charge in [-0.1, -0.05) is 25.1 Å². The summed E-state index contributed by atoms with van der Waals surface area (Å²) in [6, 6.07) is 10.3. The Bertz CT molecular complexity index is 955. The molecule has 0 N–H and O–H groups in total. The number of hydrogen-bond donors (Lipinski definition) is 0. The molecule has 6 nitrogen and oxygen atoms in total. The summed E-state index contributed by atoms with van der Waals surface area (Å²) in [4.78, 5) is 36.9. The molecule has 2 atom stereocenters.